The number of methoxy groups -OCH3 is 1. The lowest BCUT2D eigenvalue weighted by Crippen LogP contribution is -2.23. The van der Waals surface area contributed by atoms with Gasteiger partial charge in [-0.2, -0.15) is 8.42 Å². The highest BCUT2D eigenvalue weighted by atomic mass is 79.9. The molecule has 0 aliphatic carbocycles. The van der Waals surface area contributed by atoms with Crippen LogP contribution in [0.25, 0.3) is 0 Å². The third kappa shape index (κ3) is 3.58. The third-order valence-electron chi connectivity index (χ3n) is 3.78. The molecule has 0 aromatic heterocycles. The molecule has 0 N–H and O–H groups in total. The Labute approximate surface area is 149 Å². The van der Waals surface area contributed by atoms with Gasteiger partial charge in [-0.05, 0) is 47.1 Å². The van der Waals surface area contributed by atoms with Gasteiger partial charge in [-0.15, -0.1) is 0 Å². The van der Waals surface area contributed by atoms with Gasteiger partial charge in [0.2, 0.25) is 0 Å². The van der Waals surface area contributed by atoms with Gasteiger partial charge >= 0.3 is 0 Å². The summed E-state index contributed by atoms with van der Waals surface area (Å²) < 4.78 is 41.4. The maximum absolute atomic E-state index is 12.2. The van der Waals surface area contributed by atoms with Crippen molar-refractivity contribution in [2.75, 3.05) is 13.7 Å². The van der Waals surface area contributed by atoms with E-state index in [2.05, 4.69) is 15.9 Å². The number of halogens is 1. The summed E-state index contributed by atoms with van der Waals surface area (Å²) in [5, 5.41) is 0. The molecule has 0 spiro atoms. The molecule has 128 valence electrons. The zero-order valence-corrected chi connectivity index (χ0v) is 15.7. The van der Waals surface area contributed by atoms with E-state index in [4.69, 9.17) is 13.7 Å². The zero-order chi connectivity index (χ0) is 17.3. The fraction of sp³-hybridized carbons (Fsp3) is 0.294. The quantitative estimate of drug-likeness (QED) is 0.703. The minimum Gasteiger partial charge on any atom is -0.497 e. The molecule has 1 atom stereocenters. The molecule has 24 heavy (non-hydrogen) atoms. The summed E-state index contributed by atoms with van der Waals surface area (Å²) in [6.45, 7) is 1.85. The Bertz CT molecular complexity index is 846. The lowest BCUT2D eigenvalue weighted by molar-refractivity contribution is 0.151. The van der Waals surface area contributed by atoms with Crippen LogP contribution in [0.15, 0.2) is 45.8 Å². The SMILES string of the molecule is COc1cc(Br)c2c(c1)CC(COS(=O)(=O)c1ccc(C)cc1)O2. The van der Waals surface area contributed by atoms with E-state index in [9.17, 15) is 8.42 Å². The Kier molecular flexibility index (Phi) is 4.85. The maximum Gasteiger partial charge on any atom is 0.297 e. The average molecular weight is 413 g/mol. The molecule has 1 aliphatic heterocycles. The molecule has 0 saturated heterocycles. The van der Waals surface area contributed by atoms with Gasteiger partial charge in [0.15, 0.2) is 0 Å². The second-order valence-electron chi connectivity index (χ2n) is 5.59. The molecular formula is C17H17BrO5S. The van der Waals surface area contributed by atoms with Gasteiger partial charge in [0.1, 0.15) is 24.2 Å². The highest BCUT2D eigenvalue weighted by Crippen LogP contribution is 2.39. The van der Waals surface area contributed by atoms with E-state index in [0.29, 0.717) is 12.2 Å². The van der Waals surface area contributed by atoms with Gasteiger partial charge < -0.3 is 9.47 Å². The number of ether oxygens (including phenoxy) is 2. The largest absolute Gasteiger partial charge is 0.497 e. The van der Waals surface area contributed by atoms with Gasteiger partial charge in [0.25, 0.3) is 10.1 Å². The minimum absolute atomic E-state index is 0.0420. The van der Waals surface area contributed by atoms with Crippen molar-refractivity contribution in [3.05, 3.63) is 52.0 Å². The van der Waals surface area contributed by atoms with Gasteiger partial charge in [0.05, 0.1) is 16.5 Å². The first kappa shape index (κ1) is 17.3. The van der Waals surface area contributed by atoms with Crippen LogP contribution in [0.2, 0.25) is 0 Å². The van der Waals surface area contributed by atoms with Crippen molar-refractivity contribution >= 4 is 26.0 Å². The van der Waals surface area contributed by atoms with Crippen LogP contribution in [0.5, 0.6) is 11.5 Å². The Morgan fingerprint density at radius 3 is 2.62 bits per heavy atom. The van der Waals surface area contributed by atoms with Gasteiger partial charge in [-0.25, -0.2) is 0 Å². The third-order valence-corrected chi connectivity index (χ3v) is 5.67. The van der Waals surface area contributed by atoms with E-state index in [0.717, 1.165) is 21.3 Å². The van der Waals surface area contributed by atoms with Crippen molar-refractivity contribution in [2.45, 2.75) is 24.3 Å². The molecule has 2 aromatic carbocycles. The Morgan fingerprint density at radius 2 is 1.96 bits per heavy atom. The highest BCUT2D eigenvalue weighted by molar-refractivity contribution is 9.10. The predicted molar refractivity (Wildman–Crippen MR) is 93.1 cm³/mol. The molecule has 0 radical (unpaired) electrons. The molecule has 1 heterocycles. The molecule has 1 unspecified atom stereocenters. The number of rotatable bonds is 5. The average Bonchev–Trinajstić information content (AvgIpc) is 2.97. The van der Waals surface area contributed by atoms with Crippen LogP contribution in [0.3, 0.4) is 0 Å². The number of fused-ring (bicyclic) bond motifs is 1. The first-order valence-corrected chi connectivity index (χ1v) is 9.58. The predicted octanol–water partition coefficient (Wildman–Crippen LogP) is 3.48. The van der Waals surface area contributed by atoms with Gasteiger partial charge in [0, 0.05) is 12.0 Å². The molecule has 0 amide bonds. The number of aryl methyl sites for hydroxylation is 1. The van der Waals surface area contributed by atoms with E-state index in [-0.39, 0.29) is 17.6 Å². The number of hydrogen-bond acceptors (Lipinski definition) is 5. The maximum atomic E-state index is 12.2. The summed E-state index contributed by atoms with van der Waals surface area (Å²) >= 11 is 3.44. The molecule has 1 aliphatic rings. The smallest absolute Gasteiger partial charge is 0.297 e. The van der Waals surface area contributed by atoms with Crippen LogP contribution in [0.1, 0.15) is 11.1 Å². The van der Waals surface area contributed by atoms with E-state index >= 15 is 0 Å². The topological polar surface area (TPSA) is 61.8 Å². The lowest BCUT2D eigenvalue weighted by Gasteiger charge is -2.12. The van der Waals surface area contributed by atoms with Crippen LogP contribution in [0.4, 0.5) is 0 Å². The fourth-order valence-corrected chi connectivity index (χ4v) is 4.02. The van der Waals surface area contributed by atoms with Crippen molar-refractivity contribution in [1.29, 1.82) is 0 Å². The van der Waals surface area contributed by atoms with Crippen molar-refractivity contribution in [2.24, 2.45) is 0 Å². The normalized spacial score (nSPS) is 16.5. The molecule has 0 saturated carbocycles. The Balaban J connectivity index is 1.68. The van der Waals surface area contributed by atoms with Crippen molar-refractivity contribution in [3.8, 4) is 11.5 Å². The molecule has 7 heteroatoms. The number of hydrogen-bond donors (Lipinski definition) is 0. The van der Waals surface area contributed by atoms with E-state index < -0.39 is 10.1 Å². The van der Waals surface area contributed by atoms with Crippen molar-refractivity contribution in [1.82, 2.24) is 0 Å². The molecular weight excluding hydrogens is 396 g/mol. The van der Waals surface area contributed by atoms with Crippen LogP contribution in [-0.4, -0.2) is 28.2 Å². The summed E-state index contributed by atoms with van der Waals surface area (Å²) in [4.78, 5) is 0.145. The second kappa shape index (κ2) is 6.74. The summed E-state index contributed by atoms with van der Waals surface area (Å²) in [6.07, 6.45) is 0.206. The van der Waals surface area contributed by atoms with E-state index in [1.54, 1.807) is 19.2 Å². The highest BCUT2D eigenvalue weighted by Gasteiger charge is 2.28. The number of benzene rings is 2. The van der Waals surface area contributed by atoms with Gasteiger partial charge in [-0.3, -0.25) is 4.18 Å². The molecule has 0 bridgehead atoms. The molecule has 5 nitrogen and oxygen atoms in total. The van der Waals surface area contributed by atoms with Crippen LogP contribution in [0, 0.1) is 6.92 Å². The minimum atomic E-state index is -3.79. The van der Waals surface area contributed by atoms with Crippen molar-refractivity contribution in [3.63, 3.8) is 0 Å². The van der Waals surface area contributed by atoms with Crippen LogP contribution >= 0.6 is 15.9 Å². The van der Waals surface area contributed by atoms with Gasteiger partial charge in [-0.1, -0.05) is 17.7 Å². The van der Waals surface area contributed by atoms with E-state index in [1.807, 2.05) is 19.1 Å². The standard InChI is InChI=1S/C17H17BrO5S/c1-11-3-5-15(6-4-11)24(19,20)22-10-14-8-12-7-13(21-2)9-16(18)17(12)23-14/h3-7,9,14H,8,10H2,1-2H3. The molecule has 2 aromatic rings. The Morgan fingerprint density at radius 1 is 1.25 bits per heavy atom. The van der Waals surface area contributed by atoms with Crippen molar-refractivity contribution < 1.29 is 22.1 Å². The Hall–Kier alpha value is -1.57. The lowest BCUT2D eigenvalue weighted by atomic mass is 10.1. The van der Waals surface area contributed by atoms with E-state index in [1.165, 1.54) is 12.1 Å². The summed E-state index contributed by atoms with van der Waals surface area (Å²) in [5.41, 5.74) is 1.95. The monoisotopic (exact) mass is 412 g/mol. The summed E-state index contributed by atoms with van der Waals surface area (Å²) in [5.74, 6) is 1.43. The van der Waals surface area contributed by atoms with Crippen LogP contribution in [-0.2, 0) is 20.7 Å². The van der Waals surface area contributed by atoms with Crippen LogP contribution < -0.4 is 9.47 Å². The zero-order valence-electron chi connectivity index (χ0n) is 13.3. The first-order valence-electron chi connectivity index (χ1n) is 7.38. The first-order chi connectivity index (χ1) is 11.4. The molecule has 0 fully saturated rings. The summed E-state index contributed by atoms with van der Waals surface area (Å²) in [7, 11) is -2.20. The molecule has 3 rings (SSSR count). The second-order valence-corrected chi connectivity index (χ2v) is 8.06. The summed E-state index contributed by atoms with van der Waals surface area (Å²) in [6, 6.07) is 10.2. The fourth-order valence-electron chi connectivity index (χ4n) is 2.51.